The van der Waals surface area contributed by atoms with Gasteiger partial charge >= 0.3 is 0 Å². The molecule has 0 saturated heterocycles. The van der Waals surface area contributed by atoms with Crippen molar-refractivity contribution in [2.45, 2.75) is 46.1 Å². The third kappa shape index (κ3) is 7.71. The van der Waals surface area contributed by atoms with Gasteiger partial charge in [0, 0.05) is 13.0 Å². The third-order valence-corrected chi connectivity index (χ3v) is 4.13. The van der Waals surface area contributed by atoms with E-state index in [1.165, 1.54) is 17.3 Å². The van der Waals surface area contributed by atoms with E-state index in [0.717, 1.165) is 31.6 Å². The van der Waals surface area contributed by atoms with Crippen molar-refractivity contribution in [3.05, 3.63) is 35.9 Å². The molecular weight excluding hydrogens is 268 g/mol. The smallest absolute Gasteiger partial charge is 0.189 e. The van der Waals surface area contributed by atoms with Gasteiger partial charge in [-0.1, -0.05) is 62.4 Å². The molecule has 0 spiro atoms. The number of rotatable bonds is 10. The van der Waals surface area contributed by atoms with Crippen LogP contribution in [0.2, 0.25) is 0 Å². The summed E-state index contributed by atoms with van der Waals surface area (Å²) in [6, 6.07) is 10.2. The second-order valence-electron chi connectivity index (χ2n) is 4.96. The Kier molecular flexibility index (Phi) is 9.42. The molecule has 0 heterocycles. The maximum absolute atomic E-state index is 11.6. The molecule has 0 aliphatic rings. The average Bonchev–Trinajstić information content (AvgIpc) is 2.47. The summed E-state index contributed by atoms with van der Waals surface area (Å²) in [5.74, 6) is 1.40. The van der Waals surface area contributed by atoms with Crippen molar-refractivity contribution < 1.29 is 9.53 Å². The minimum Gasteiger partial charge on any atom is -0.377 e. The summed E-state index contributed by atoms with van der Waals surface area (Å²) in [7, 11) is 0. The van der Waals surface area contributed by atoms with Gasteiger partial charge in [-0.15, -0.1) is 0 Å². The fourth-order valence-electron chi connectivity index (χ4n) is 2.14. The Morgan fingerprint density at radius 2 is 2.00 bits per heavy atom. The van der Waals surface area contributed by atoms with Gasteiger partial charge in [-0.25, -0.2) is 0 Å². The maximum Gasteiger partial charge on any atom is 0.189 e. The van der Waals surface area contributed by atoms with Gasteiger partial charge in [0.25, 0.3) is 0 Å². The standard InChI is InChI=1S/C17H26O2S/c1-3-15(13-17(18)20-4-2)11-8-12-19-14-16-9-6-5-7-10-16/h5-7,9-10,15H,3-4,8,11-14H2,1-2H3/t15-/m1/s1. The quantitative estimate of drug-likeness (QED) is 0.586. The summed E-state index contributed by atoms with van der Waals surface area (Å²) in [6.07, 6.45) is 3.92. The zero-order valence-corrected chi connectivity index (χ0v) is 13.5. The molecule has 0 aliphatic carbocycles. The molecule has 20 heavy (non-hydrogen) atoms. The molecule has 1 aromatic carbocycles. The molecule has 0 aromatic heterocycles. The predicted octanol–water partition coefficient (Wildman–Crippen LogP) is 4.68. The zero-order chi connectivity index (χ0) is 14.6. The number of thioether (sulfide) groups is 1. The van der Waals surface area contributed by atoms with E-state index in [4.69, 9.17) is 4.74 Å². The topological polar surface area (TPSA) is 26.3 Å². The Bertz CT molecular complexity index is 365. The first kappa shape index (κ1) is 17.3. The van der Waals surface area contributed by atoms with Crippen LogP contribution >= 0.6 is 11.8 Å². The first-order valence-electron chi connectivity index (χ1n) is 7.53. The van der Waals surface area contributed by atoms with Crippen LogP contribution in [0.25, 0.3) is 0 Å². The van der Waals surface area contributed by atoms with Crippen molar-refractivity contribution in [1.29, 1.82) is 0 Å². The van der Waals surface area contributed by atoms with Gasteiger partial charge in [-0.05, 0) is 30.1 Å². The van der Waals surface area contributed by atoms with Crippen LogP contribution in [0.3, 0.4) is 0 Å². The molecule has 0 aliphatic heterocycles. The zero-order valence-electron chi connectivity index (χ0n) is 12.6. The largest absolute Gasteiger partial charge is 0.377 e. The van der Waals surface area contributed by atoms with Gasteiger partial charge in [-0.2, -0.15) is 0 Å². The third-order valence-electron chi connectivity index (χ3n) is 3.35. The summed E-state index contributed by atoms with van der Waals surface area (Å²) < 4.78 is 5.68. The first-order chi connectivity index (χ1) is 9.76. The molecular formula is C17H26O2S. The van der Waals surface area contributed by atoms with Crippen LogP contribution < -0.4 is 0 Å². The van der Waals surface area contributed by atoms with Crippen molar-refractivity contribution in [2.75, 3.05) is 12.4 Å². The summed E-state index contributed by atoms with van der Waals surface area (Å²) in [5, 5.41) is 0.338. The van der Waals surface area contributed by atoms with E-state index in [1.54, 1.807) is 0 Å². The molecule has 0 unspecified atom stereocenters. The highest BCUT2D eigenvalue weighted by atomic mass is 32.2. The number of benzene rings is 1. The highest BCUT2D eigenvalue weighted by molar-refractivity contribution is 8.13. The molecule has 0 fully saturated rings. The molecule has 1 rings (SSSR count). The van der Waals surface area contributed by atoms with E-state index in [0.29, 0.717) is 24.1 Å². The second-order valence-corrected chi connectivity index (χ2v) is 6.29. The SMILES string of the molecule is CCSC(=O)C[C@H](CC)CCCOCc1ccccc1. The number of carbonyl (C=O) groups is 1. The van der Waals surface area contributed by atoms with E-state index in [-0.39, 0.29) is 0 Å². The molecule has 1 atom stereocenters. The van der Waals surface area contributed by atoms with Gasteiger partial charge in [0.2, 0.25) is 0 Å². The highest BCUT2D eigenvalue weighted by Crippen LogP contribution is 2.19. The van der Waals surface area contributed by atoms with Crippen LogP contribution in [0.5, 0.6) is 0 Å². The van der Waals surface area contributed by atoms with E-state index < -0.39 is 0 Å². The van der Waals surface area contributed by atoms with Crippen LogP contribution in [-0.4, -0.2) is 17.5 Å². The molecule has 0 radical (unpaired) electrons. The van der Waals surface area contributed by atoms with Crippen LogP contribution in [0.4, 0.5) is 0 Å². The number of carbonyl (C=O) groups excluding carboxylic acids is 1. The molecule has 0 bridgehead atoms. The van der Waals surface area contributed by atoms with Crippen molar-refractivity contribution in [3.8, 4) is 0 Å². The Labute approximate surface area is 127 Å². The summed E-state index contributed by atoms with van der Waals surface area (Å²) in [5.41, 5.74) is 1.22. The second kappa shape index (κ2) is 10.9. The molecule has 3 heteroatoms. The van der Waals surface area contributed by atoms with Crippen molar-refractivity contribution in [1.82, 2.24) is 0 Å². The number of hydrogen-bond donors (Lipinski definition) is 0. The van der Waals surface area contributed by atoms with Gasteiger partial charge < -0.3 is 4.74 Å². The summed E-state index contributed by atoms with van der Waals surface area (Å²) in [4.78, 5) is 11.6. The van der Waals surface area contributed by atoms with Crippen LogP contribution in [0.1, 0.15) is 45.1 Å². The molecule has 2 nitrogen and oxygen atoms in total. The van der Waals surface area contributed by atoms with Gasteiger partial charge in [0.05, 0.1) is 6.61 Å². The van der Waals surface area contributed by atoms with Gasteiger partial charge in [0.15, 0.2) is 5.12 Å². The fraction of sp³-hybridized carbons (Fsp3) is 0.588. The summed E-state index contributed by atoms with van der Waals surface area (Å²) >= 11 is 1.45. The lowest BCUT2D eigenvalue weighted by atomic mass is 9.97. The monoisotopic (exact) mass is 294 g/mol. The molecule has 0 amide bonds. The molecule has 0 N–H and O–H groups in total. The van der Waals surface area contributed by atoms with Gasteiger partial charge in [0.1, 0.15) is 0 Å². The van der Waals surface area contributed by atoms with Crippen LogP contribution in [-0.2, 0) is 16.1 Å². The predicted molar refractivity (Wildman–Crippen MR) is 86.9 cm³/mol. The van der Waals surface area contributed by atoms with Gasteiger partial charge in [-0.3, -0.25) is 4.79 Å². The minimum atomic E-state index is 0.338. The van der Waals surface area contributed by atoms with Crippen LogP contribution in [0.15, 0.2) is 30.3 Å². The lowest BCUT2D eigenvalue weighted by molar-refractivity contribution is -0.111. The van der Waals surface area contributed by atoms with E-state index in [1.807, 2.05) is 25.1 Å². The summed E-state index contributed by atoms with van der Waals surface area (Å²) in [6.45, 7) is 5.66. The van der Waals surface area contributed by atoms with Crippen LogP contribution in [0, 0.1) is 5.92 Å². The minimum absolute atomic E-state index is 0.338. The van der Waals surface area contributed by atoms with E-state index in [2.05, 4.69) is 19.1 Å². The number of ether oxygens (including phenoxy) is 1. The van der Waals surface area contributed by atoms with Crippen molar-refractivity contribution in [3.63, 3.8) is 0 Å². The lowest BCUT2D eigenvalue weighted by Crippen LogP contribution is -2.07. The van der Waals surface area contributed by atoms with Crippen molar-refractivity contribution in [2.24, 2.45) is 5.92 Å². The maximum atomic E-state index is 11.6. The first-order valence-corrected chi connectivity index (χ1v) is 8.52. The fourth-order valence-corrected chi connectivity index (χ4v) is 2.82. The number of hydrogen-bond acceptors (Lipinski definition) is 3. The van der Waals surface area contributed by atoms with E-state index >= 15 is 0 Å². The Balaban J connectivity index is 2.11. The molecule has 0 saturated carbocycles. The molecule has 112 valence electrons. The Morgan fingerprint density at radius 1 is 1.25 bits per heavy atom. The van der Waals surface area contributed by atoms with Crippen molar-refractivity contribution >= 4 is 16.9 Å². The Hall–Kier alpha value is -0.800. The highest BCUT2D eigenvalue weighted by Gasteiger charge is 2.11. The lowest BCUT2D eigenvalue weighted by Gasteiger charge is -2.13. The Morgan fingerprint density at radius 3 is 2.65 bits per heavy atom. The molecule has 1 aromatic rings. The normalized spacial score (nSPS) is 12.3. The average molecular weight is 294 g/mol. The van der Waals surface area contributed by atoms with E-state index in [9.17, 15) is 4.79 Å².